The summed E-state index contributed by atoms with van der Waals surface area (Å²) < 4.78 is 1.38. The third kappa shape index (κ3) is 4.53. The molecular formula is C21H24N6O2. The summed E-state index contributed by atoms with van der Waals surface area (Å²) in [6.07, 6.45) is 12.3. The molecule has 0 spiro atoms. The summed E-state index contributed by atoms with van der Waals surface area (Å²) in [7, 11) is 0. The fourth-order valence-electron chi connectivity index (χ4n) is 3.63. The van der Waals surface area contributed by atoms with Gasteiger partial charge in [-0.2, -0.15) is 0 Å². The fraction of sp³-hybridized carbons (Fsp3) is 0.333. The molecule has 3 aromatic rings. The standard InChI is InChI=1S/C21H24N6O2/c28-20-18(16-5-4-9-22-13-16)14-25-27(20)19-11-15(8-10-23-19)12-24-21(29)26-17-6-2-1-3-7-17/h4-5,8-11,13-14,17,25H,1-3,6-7,12H2,(H2,24,26,29). The minimum absolute atomic E-state index is 0.161. The first-order chi connectivity index (χ1) is 14.2. The van der Waals surface area contributed by atoms with Gasteiger partial charge in [-0.05, 0) is 36.6 Å². The van der Waals surface area contributed by atoms with Crippen molar-refractivity contribution in [3.8, 4) is 16.9 Å². The van der Waals surface area contributed by atoms with Crippen LogP contribution in [-0.4, -0.2) is 31.8 Å². The number of rotatable bonds is 5. The van der Waals surface area contributed by atoms with E-state index in [4.69, 9.17) is 0 Å². The molecule has 3 aromatic heterocycles. The second kappa shape index (κ2) is 8.72. The maximum absolute atomic E-state index is 12.8. The molecule has 8 heteroatoms. The molecule has 0 saturated heterocycles. The van der Waals surface area contributed by atoms with Crippen LogP contribution < -0.4 is 16.2 Å². The Kier molecular flexibility index (Phi) is 5.69. The first kappa shape index (κ1) is 18.9. The van der Waals surface area contributed by atoms with E-state index in [2.05, 4.69) is 25.7 Å². The van der Waals surface area contributed by atoms with Gasteiger partial charge in [-0.1, -0.05) is 25.3 Å². The lowest BCUT2D eigenvalue weighted by atomic mass is 9.96. The van der Waals surface area contributed by atoms with Gasteiger partial charge in [0.1, 0.15) is 0 Å². The van der Waals surface area contributed by atoms with Crippen LogP contribution in [0.15, 0.2) is 53.8 Å². The van der Waals surface area contributed by atoms with Gasteiger partial charge in [-0.15, -0.1) is 0 Å². The Morgan fingerprint density at radius 2 is 2.07 bits per heavy atom. The summed E-state index contributed by atoms with van der Waals surface area (Å²) in [4.78, 5) is 33.2. The fourth-order valence-corrected chi connectivity index (χ4v) is 3.63. The average Bonchev–Trinajstić information content (AvgIpc) is 3.15. The molecule has 0 aromatic carbocycles. The normalized spacial score (nSPS) is 14.5. The number of urea groups is 1. The van der Waals surface area contributed by atoms with E-state index in [0.29, 0.717) is 17.9 Å². The van der Waals surface area contributed by atoms with Crippen LogP contribution in [0.2, 0.25) is 0 Å². The van der Waals surface area contributed by atoms with Crippen molar-refractivity contribution in [2.75, 3.05) is 0 Å². The molecular weight excluding hydrogens is 368 g/mol. The first-order valence-corrected chi connectivity index (χ1v) is 9.91. The average molecular weight is 392 g/mol. The first-order valence-electron chi connectivity index (χ1n) is 9.91. The SMILES string of the molecule is O=C(NCc1ccnc(-n2[nH]cc(-c3cccnc3)c2=O)c1)NC1CCCCC1. The van der Waals surface area contributed by atoms with Gasteiger partial charge in [0.2, 0.25) is 0 Å². The molecule has 4 rings (SSSR count). The van der Waals surface area contributed by atoms with Crippen LogP contribution in [0.25, 0.3) is 16.9 Å². The van der Waals surface area contributed by atoms with Crippen LogP contribution >= 0.6 is 0 Å². The van der Waals surface area contributed by atoms with E-state index < -0.39 is 0 Å². The van der Waals surface area contributed by atoms with Crippen LogP contribution in [0.5, 0.6) is 0 Å². The molecule has 3 heterocycles. The van der Waals surface area contributed by atoms with E-state index in [9.17, 15) is 9.59 Å². The summed E-state index contributed by atoms with van der Waals surface area (Å²) in [6.45, 7) is 0.360. The molecule has 3 N–H and O–H groups in total. The van der Waals surface area contributed by atoms with Gasteiger partial charge in [0.25, 0.3) is 5.56 Å². The predicted octanol–water partition coefficient (Wildman–Crippen LogP) is 2.75. The van der Waals surface area contributed by atoms with E-state index in [1.54, 1.807) is 36.9 Å². The lowest BCUT2D eigenvalue weighted by Gasteiger charge is -2.22. The minimum atomic E-state index is -0.203. The number of aromatic amines is 1. The van der Waals surface area contributed by atoms with Crippen molar-refractivity contribution in [2.45, 2.75) is 44.7 Å². The minimum Gasteiger partial charge on any atom is -0.335 e. The number of carbonyl (C=O) groups is 1. The lowest BCUT2D eigenvalue weighted by Crippen LogP contribution is -2.42. The second-order valence-electron chi connectivity index (χ2n) is 7.25. The molecule has 0 aliphatic heterocycles. The van der Waals surface area contributed by atoms with Gasteiger partial charge in [-0.3, -0.25) is 14.9 Å². The largest absolute Gasteiger partial charge is 0.335 e. The number of H-pyrrole nitrogens is 1. The van der Waals surface area contributed by atoms with Crippen molar-refractivity contribution >= 4 is 6.03 Å². The maximum atomic E-state index is 12.8. The van der Waals surface area contributed by atoms with Crippen LogP contribution in [0.3, 0.4) is 0 Å². The third-order valence-corrected chi connectivity index (χ3v) is 5.18. The summed E-state index contributed by atoms with van der Waals surface area (Å²) in [5.41, 5.74) is 1.92. The Hall–Kier alpha value is -3.42. The van der Waals surface area contributed by atoms with Crippen LogP contribution in [0.4, 0.5) is 4.79 Å². The highest BCUT2D eigenvalue weighted by atomic mass is 16.2. The van der Waals surface area contributed by atoms with Gasteiger partial charge in [-0.25, -0.2) is 14.5 Å². The monoisotopic (exact) mass is 392 g/mol. The molecule has 150 valence electrons. The number of hydrogen-bond acceptors (Lipinski definition) is 4. The smallest absolute Gasteiger partial charge is 0.315 e. The highest BCUT2D eigenvalue weighted by molar-refractivity contribution is 5.74. The van der Waals surface area contributed by atoms with E-state index in [1.165, 1.54) is 23.9 Å². The van der Waals surface area contributed by atoms with Crippen molar-refractivity contribution in [2.24, 2.45) is 0 Å². The quantitative estimate of drug-likeness (QED) is 0.621. The molecule has 0 atom stereocenters. The van der Waals surface area contributed by atoms with E-state index >= 15 is 0 Å². The number of amides is 2. The van der Waals surface area contributed by atoms with E-state index in [1.807, 2.05) is 12.1 Å². The van der Waals surface area contributed by atoms with Crippen molar-refractivity contribution in [1.82, 2.24) is 30.4 Å². The molecule has 8 nitrogen and oxygen atoms in total. The molecule has 0 unspecified atom stereocenters. The van der Waals surface area contributed by atoms with Gasteiger partial charge < -0.3 is 10.6 Å². The topological polar surface area (TPSA) is 105 Å². The number of nitrogens with one attached hydrogen (secondary N) is 3. The molecule has 29 heavy (non-hydrogen) atoms. The van der Waals surface area contributed by atoms with Gasteiger partial charge in [0.15, 0.2) is 5.82 Å². The third-order valence-electron chi connectivity index (χ3n) is 5.18. The zero-order chi connectivity index (χ0) is 20.1. The van der Waals surface area contributed by atoms with Crippen molar-refractivity contribution in [1.29, 1.82) is 0 Å². The molecule has 1 fully saturated rings. The Morgan fingerprint density at radius 1 is 1.21 bits per heavy atom. The Morgan fingerprint density at radius 3 is 2.86 bits per heavy atom. The molecule has 1 saturated carbocycles. The number of aromatic nitrogens is 4. The molecule has 1 aliphatic carbocycles. The Labute approximate surface area is 168 Å². The van der Waals surface area contributed by atoms with Gasteiger partial charge in [0.05, 0.1) is 5.56 Å². The molecule has 1 aliphatic rings. The Balaban J connectivity index is 1.43. The van der Waals surface area contributed by atoms with E-state index in [-0.39, 0.29) is 17.6 Å². The van der Waals surface area contributed by atoms with Crippen LogP contribution in [0, 0.1) is 0 Å². The van der Waals surface area contributed by atoms with Crippen molar-refractivity contribution < 1.29 is 4.79 Å². The number of carbonyl (C=O) groups excluding carboxylic acids is 1. The van der Waals surface area contributed by atoms with Crippen molar-refractivity contribution in [3.63, 3.8) is 0 Å². The number of nitrogens with zero attached hydrogens (tertiary/aromatic N) is 3. The maximum Gasteiger partial charge on any atom is 0.315 e. The highest BCUT2D eigenvalue weighted by Gasteiger charge is 2.15. The summed E-state index contributed by atoms with van der Waals surface area (Å²) in [5.74, 6) is 0.470. The van der Waals surface area contributed by atoms with Crippen molar-refractivity contribution in [3.05, 3.63) is 65.0 Å². The number of pyridine rings is 2. The zero-order valence-electron chi connectivity index (χ0n) is 16.1. The van der Waals surface area contributed by atoms with Gasteiger partial charge >= 0.3 is 6.03 Å². The molecule has 0 radical (unpaired) electrons. The van der Waals surface area contributed by atoms with E-state index in [0.717, 1.165) is 24.0 Å². The Bertz CT molecular complexity index is 1020. The summed E-state index contributed by atoms with van der Waals surface area (Å²) >= 11 is 0. The van der Waals surface area contributed by atoms with Gasteiger partial charge in [0, 0.05) is 42.9 Å². The van der Waals surface area contributed by atoms with Crippen LogP contribution in [-0.2, 0) is 6.54 Å². The number of hydrogen-bond donors (Lipinski definition) is 3. The van der Waals surface area contributed by atoms with Crippen LogP contribution in [0.1, 0.15) is 37.7 Å². The zero-order valence-corrected chi connectivity index (χ0v) is 16.1. The summed E-state index contributed by atoms with van der Waals surface area (Å²) in [6, 6.07) is 7.33. The predicted molar refractivity (Wildman–Crippen MR) is 110 cm³/mol. The second-order valence-corrected chi connectivity index (χ2v) is 7.25. The lowest BCUT2D eigenvalue weighted by molar-refractivity contribution is 0.232. The molecule has 0 bridgehead atoms. The summed E-state index contributed by atoms with van der Waals surface area (Å²) in [5, 5.41) is 8.87. The highest BCUT2D eigenvalue weighted by Crippen LogP contribution is 2.17. The molecule has 2 amide bonds.